The molecule has 3 heteroatoms. The smallest absolute Gasteiger partial charge is 0.307 e. The van der Waals surface area contributed by atoms with Crippen molar-refractivity contribution in [3.8, 4) is 0 Å². The van der Waals surface area contributed by atoms with E-state index < -0.39 is 0 Å². The van der Waals surface area contributed by atoms with Crippen LogP contribution in [0.2, 0.25) is 0 Å². The second-order valence-electron chi connectivity index (χ2n) is 6.24. The SMILES string of the molecule is CC(C)(C)OC(=O)CCN1CCCC1(C)C. The molecule has 0 bridgehead atoms. The number of hydrogen-bond donors (Lipinski definition) is 0. The Kier molecular flexibility index (Phi) is 4.00. The van der Waals surface area contributed by atoms with Gasteiger partial charge in [0, 0.05) is 12.1 Å². The molecule has 1 aliphatic heterocycles. The Morgan fingerprint density at radius 2 is 2.00 bits per heavy atom. The second kappa shape index (κ2) is 4.74. The molecule has 1 saturated heterocycles. The van der Waals surface area contributed by atoms with Gasteiger partial charge in [-0.1, -0.05) is 0 Å². The molecule has 0 unspecified atom stereocenters. The van der Waals surface area contributed by atoms with Gasteiger partial charge in [0.1, 0.15) is 5.60 Å². The van der Waals surface area contributed by atoms with Gasteiger partial charge < -0.3 is 4.74 Å². The predicted octanol–water partition coefficient (Wildman–Crippen LogP) is 2.59. The van der Waals surface area contributed by atoms with Crippen molar-refractivity contribution in [1.82, 2.24) is 4.90 Å². The Morgan fingerprint density at radius 3 is 2.44 bits per heavy atom. The minimum Gasteiger partial charge on any atom is -0.460 e. The molecule has 1 fully saturated rings. The topological polar surface area (TPSA) is 29.5 Å². The summed E-state index contributed by atoms with van der Waals surface area (Å²) in [5, 5.41) is 0. The first-order valence-electron chi connectivity index (χ1n) is 6.18. The molecule has 3 nitrogen and oxygen atoms in total. The lowest BCUT2D eigenvalue weighted by Crippen LogP contribution is -2.39. The molecular formula is C13H25NO2. The number of esters is 1. The highest BCUT2D eigenvalue weighted by atomic mass is 16.6. The highest BCUT2D eigenvalue weighted by molar-refractivity contribution is 5.70. The summed E-state index contributed by atoms with van der Waals surface area (Å²) in [6.07, 6.45) is 2.96. The van der Waals surface area contributed by atoms with Crippen molar-refractivity contribution in [3.63, 3.8) is 0 Å². The lowest BCUT2D eigenvalue weighted by atomic mass is 10.0. The fourth-order valence-corrected chi connectivity index (χ4v) is 2.20. The van der Waals surface area contributed by atoms with Gasteiger partial charge in [0.15, 0.2) is 0 Å². The van der Waals surface area contributed by atoms with Gasteiger partial charge in [0.2, 0.25) is 0 Å². The van der Waals surface area contributed by atoms with Crippen LogP contribution in [0.15, 0.2) is 0 Å². The number of carbonyl (C=O) groups excluding carboxylic acids is 1. The van der Waals surface area contributed by atoms with Crippen LogP contribution in [0.25, 0.3) is 0 Å². The third-order valence-corrected chi connectivity index (χ3v) is 3.08. The zero-order valence-electron chi connectivity index (χ0n) is 11.3. The van der Waals surface area contributed by atoms with E-state index in [4.69, 9.17) is 4.74 Å². The molecule has 0 atom stereocenters. The number of likely N-dealkylation sites (tertiary alicyclic amines) is 1. The zero-order valence-corrected chi connectivity index (χ0v) is 11.3. The third-order valence-electron chi connectivity index (χ3n) is 3.08. The molecule has 0 spiro atoms. The van der Waals surface area contributed by atoms with E-state index >= 15 is 0 Å². The Balaban J connectivity index is 2.32. The highest BCUT2D eigenvalue weighted by Crippen LogP contribution is 2.28. The van der Waals surface area contributed by atoms with Crippen LogP contribution in [-0.2, 0) is 9.53 Å². The lowest BCUT2D eigenvalue weighted by molar-refractivity contribution is -0.155. The van der Waals surface area contributed by atoms with Crippen LogP contribution in [0.4, 0.5) is 0 Å². The van der Waals surface area contributed by atoms with Crippen LogP contribution in [0.1, 0.15) is 53.9 Å². The largest absolute Gasteiger partial charge is 0.460 e. The van der Waals surface area contributed by atoms with Crippen molar-refractivity contribution in [2.75, 3.05) is 13.1 Å². The standard InChI is InChI=1S/C13H25NO2/c1-12(2,3)16-11(15)7-10-14-9-6-8-13(14,4)5/h6-10H2,1-5H3. The summed E-state index contributed by atoms with van der Waals surface area (Å²) in [6.45, 7) is 12.1. The molecule has 0 aromatic carbocycles. The molecule has 0 saturated carbocycles. The van der Waals surface area contributed by atoms with E-state index in [1.54, 1.807) is 0 Å². The summed E-state index contributed by atoms with van der Waals surface area (Å²) in [5.74, 6) is -0.0878. The van der Waals surface area contributed by atoms with Gasteiger partial charge in [-0.3, -0.25) is 9.69 Å². The normalized spacial score (nSPS) is 21.1. The molecule has 94 valence electrons. The summed E-state index contributed by atoms with van der Waals surface area (Å²) in [6, 6.07) is 0. The Hall–Kier alpha value is -0.570. The van der Waals surface area contributed by atoms with E-state index in [9.17, 15) is 4.79 Å². The number of carbonyl (C=O) groups is 1. The Labute approximate surface area is 99.1 Å². The first-order chi connectivity index (χ1) is 7.21. The molecule has 1 rings (SSSR count). The molecule has 1 heterocycles. The van der Waals surface area contributed by atoms with Gasteiger partial charge in [-0.25, -0.2) is 0 Å². The van der Waals surface area contributed by atoms with Gasteiger partial charge in [-0.05, 0) is 54.0 Å². The van der Waals surface area contributed by atoms with Crippen molar-refractivity contribution in [2.24, 2.45) is 0 Å². The molecule has 0 aromatic rings. The van der Waals surface area contributed by atoms with Crippen LogP contribution in [0.5, 0.6) is 0 Å². The van der Waals surface area contributed by atoms with Gasteiger partial charge in [0.05, 0.1) is 6.42 Å². The minimum absolute atomic E-state index is 0.0878. The molecule has 0 aliphatic carbocycles. The maximum atomic E-state index is 11.6. The van der Waals surface area contributed by atoms with Crippen molar-refractivity contribution < 1.29 is 9.53 Å². The summed E-state index contributed by atoms with van der Waals surface area (Å²) in [4.78, 5) is 14.0. The Morgan fingerprint density at radius 1 is 1.38 bits per heavy atom. The van der Waals surface area contributed by atoms with Crippen LogP contribution in [0.3, 0.4) is 0 Å². The highest BCUT2D eigenvalue weighted by Gasteiger charge is 2.31. The van der Waals surface area contributed by atoms with Crippen molar-refractivity contribution in [2.45, 2.75) is 65.0 Å². The zero-order chi connectivity index (χ0) is 12.4. The fourth-order valence-electron chi connectivity index (χ4n) is 2.20. The third kappa shape index (κ3) is 4.12. The van der Waals surface area contributed by atoms with E-state index in [0.717, 1.165) is 13.1 Å². The minimum atomic E-state index is -0.363. The summed E-state index contributed by atoms with van der Waals surface area (Å²) in [7, 11) is 0. The molecule has 0 N–H and O–H groups in total. The fraction of sp³-hybridized carbons (Fsp3) is 0.923. The number of hydrogen-bond acceptors (Lipinski definition) is 3. The van der Waals surface area contributed by atoms with Crippen molar-refractivity contribution in [1.29, 1.82) is 0 Å². The molecule has 1 aliphatic rings. The number of nitrogens with zero attached hydrogens (tertiary/aromatic N) is 1. The Bertz CT molecular complexity index is 253. The van der Waals surface area contributed by atoms with Crippen molar-refractivity contribution >= 4 is 5.97 Å². The van der Waals surface area contributed by atoms with Gasteiger partial charge in [-0.15, -0.1) is 0 Å². The van der Waals surface area contributed by atoms with E-state index in [1.807, 2.05) is 20.8 Å². The second-order valence-corrected chi connectivity index (χ2v) is 6.24. The maximum Gasteiger partial charge on any atom is 0.307 e. The average molecular weight is 227 g/mol. The number of rotatable bonds is 3. The average Bonchev–Trinajstić information content (AvgIpc) is 2.38. The first-order valence-corrected chi connectivity index (χ1v) is 6.18. The summed E-state index contributed by atoms with van der Waals surface area (Å²) < 4.78 is 5.30. The van der Waals surface area contributed by atoms with Crippen molar-refractivity contribution in [3.05, 3.63) is 0 Å². The molecule has 0 amide bonds. The molecular weight excluding hydrogens is 202 g/mol. The lowest BCUT2D eigenvalue weighted by Gasteiger charge is -2.31. The number of ether oxygens (including phenoxy) is 1. The maximum absolute atomic E-state index is 11.6. The van der Waals surface area contributed by atoms with Crippen LogP contribution in [-0.4, -0.2) is 35.1 Å². The summed E-state index contributed by atoms with van der Waals surface area (Å²) >= 11 is 0. The molecule has 0 radical (unpaired) electrons. The quantitative estimate of drug-likeness (QED) is 0.694. The van der Waals surface area contributed by atoms with Crippen LogP contribution >= 0.6 is 0 Å². The van der Waals surface area contributed by atoms with Crippen LogP contribution < -0.4 is 0 Å². The first kappa shape index (κ1) is 13.5. The van der Waals surface area contributed by atoms with E-state index in [0.29, 0.717) is 6.42 Å². The predicted molar refractivity (Wildman–Crippen MR) is 65.3 cm³/mol. The van der Waals surface area contributed by atoms with Crippen LogP contribution in [0, 0.1) is 0 Å². The monoisotopic (exact) mass is 227 g/mol. The molecule has 0 aromatic heterocycles. The van der Waals surface area contributed by atoms with E-state index in [1.165, 1.54) is 12.8 Å². The van der Waals surface area contributed by atoms with E-state index in [2.05, 4.69) is 18.7 Å². The van der Waals surface area contributed by atoms with Gasteiger partial charge in [-0.2, -0.15) is 0 Å². The molecule has 16 heavy (non-hydrogen) atoms. The van der Waals surface area contributed by atoms with Gasteiger partial charge in [0.25, 0.3) is 0 Å². The van der Waals surface area contributed by atoms with E-state index in [-0.39, 0.29) is 17.1 Å². The summed E-state index contributed by atoms with van der Waals surface area (Å²) in [5.41, 5.74) is -0.111. The van der Waals surface area contributed by atoms with Gasteiger partial charge >= 0.3 is 5.97 Å².